The number of alkyl halides is 3. The maximum Gasteiger partial charge on any atom is 1.00 e. The van der Waals surface area contributed by atoms with E-state index < -0.39 is 43.9 Å². The van der Waals surface area contributed by atoms with E-state index >= 15 is 0 Å². The molecular weight excluding hydrogens is 441 g/mol. The fraction of sp³-hybridized carbons (Fsp3) is 0.294. The number of hydrogen-bond donors (Lipinski definition) is 0. The Hall–Kier alpha value is -1.73. The molecule has 0 bridgehead atoms. The van der Waals surface area contributed by atoms with Crippen molar-refractivity contribution in [2.24, 2.45) is 0 Å². The van der Waals surface area contributed by atoms with E-state index in [-0.39, 0.29) is 35.6 Å². The van der Waals surface area contributed by atoms with Gasteiger partial charge in [0.05, 0.1) is 29.6 Å². The van der Waals surface area contributed by atoms with Crippen LogP contribution in [-0.4, -0.2) is 45.6 Å². The van der Waals surface area contributed by atoms with Crippen LogP contribution in [0.3, 0.4) is 0 Å². The number of rotatable bonds is 4. The van der Waals surface area contributed by atoms with Crippen molar-refractivity contribution in [3.63, 3.8) is 0 Å². The number of ether oxygens (including phenoxy) is 1. The molecule has 13 heteroatoms. The molecule has 1 aliphatic rings. The minimum atomic E-state index is -5.06. The summed E-state index contributed by atoms with van der Waals surface area (Å²) in [5.74, 6) is -2.40. The van der Waals surface area contributed by atoms with E-state index in [1.54, 1.807) is 0 Å². The van der Waals surface area contributed by atoms with E-state index in [2.05, 4.69) is 9.71 Å². The van der Waals surface area contributed by atoms with E-state index in [0.29, 0.717) is 44.3 Å². The first kappa shape index (κ1) is 24.5. The summed E-state index contributed by atoms with van der Waals surface area (Å²) in [7, 11) is -4.62. The molecule has 2 aromatic rings. The number of amides is 1. The molecule has 7 nitrogen and oxygen atoms in total. The SMILES string of the molecule is O=C([N-]S(=O)(=O)c1ccc(N2CCOCC2)nc1)c1ccc(F)cc1C(F)(F)F.[Na+]. The van der Waals surface area contributed by atoms with Gasteiger partial charge in [0.25, 0.3) is 0 Å². The number of morpholine rings is 1. The van der Waals surface area contributed by atoms with Gasteiger partial charge in [-0.05, 0) is 30.3 Å². The van der Waals surface area contributed by atoms with Gasteiger partial charge in [-0.15, -0.1) is 0 Å². The standard InChI is InChI=1S/C17H15F4N3O4S.Na/c18-11-1-3-13(14(9-11)17(19,20)21)16(25)23-29(26,27)12-2-4-15(22-10-12)24-5-7-28-8-6-24;/h1-4,9-10H,5-8H2,(H,23,25);/q;+1/p-1. The van der Waals surface area contributed by atoms with Crippen LogP contribution in [0.15, 0.2) is 41.4 Å². The van der Waals surface area contributed by atoms with E-state index in [1.165, 1.54) is 6.07 Å². The minimum Gasteiger partial charge on any atom is -0.537 e. The van der Waals surface area contributed by atoms with Crippen LogP contribution in [-0.2, 0) is 20.9 Å². The fourth-order valence-electron chi connectivity index (χ4n) is 2.65. The van der Waals surface area contributed by atoms with Gasteiger partial charge in [0.2, 0.25) is 0 Å². The molecule has 0 aliphatic carbocycles. The average Bonchev–Trinajstić information content (AvgIpc) is 2.67. The van der Waals surface area contributed by atoms with Crippen LogP contribution < -0.4 is 34.5 Å². The van der Waals surface area contributed by atoms with Crippen molar-refractivity contribution in [1.29, 1.82) is 0 Å². The van der Waals surface area contributed by atoms with Crippen LogP contribution in [0.4, 0.5) is 23.4 Å². The molecule has 0 radical (unpaired) electrons. The molecule has 0 atom stereocenters. The Kier molecular flexibility index (Phi) is 7.85. The molecule has 1 saturated heterocycles. The van der Waals surface area contributed by atoms with Crippen LogP contribution in [0.2, 0.25) is 0 Å². The molecule has 30 heavy (non-hydrogen) atoms. The number of benzene rings is 1. The van der Waals surface area contributed by atoms with Crippen molar-refractivity contribution in [2.75, 3.05) is 31.2 Å². The molecule has 1 amide bonds. The molecule has 1 aromatic heterocycles. The Morgan fingerprint density at radius 2 is 1.80 bits per heavy atom. The maximum absolute atomic E-state index is 13.2. The van der Waals surface area contributed by atoms with Gasteiger partial charge in [0.15, 0.2) is 0 Å². The molecule has 0 N–H and O–H groups in total. The summed E-state index contributed by atoms with van der Waals surface area (Å²) in [5, 5.41) is 0. The van der Waals surface area contributed by atoms with Crippen molar-refractivity contribution in [1.82, 2.24) is 4.98 Å². The maximum atomic E-state index is 13.2. The van der Waals surface area contributed by atoms with Crippen LogP contribution in [0.1, 0.15) is 15.9 Å². The summed E-state index contributed by atoms with van der Waals surface area (Å²) in [5.41, 5.74) is -2.68. The number of carbonyl (C=O) groups is 1. The first-order valence-electron chi connectivity index (χ1n) is 8.26. The molecule has 0 saturated carbocycles. The average molecular weight is 455 g/mol. The quantitative estimate of drug-likeness (QED) is 0.476. The Morgan fingerprint density at radius 1 is 1.13 bits per heavy atom. The summed E-state index contributed by atoms with van der Waals surface area (Å²) in [4.78, 5) is 17.5. The second-order valence-corrected chi connectivity index (χ2v) is 7.61. The van der Waals surface area contributed by atoms with Gasteiger partial charge in [0.1, 0.15) is 21.7 Å². The van der Waals surface area contributed by atoms with E-state index in [0.717, 1.165) is 12.3 Å². The predicted molar refractivity (Wildman–Crippen MR) is 93.5 cm³/mol. The zero-order valence-electron chi connectivity index (χ0n) is 15.7. The number of carbonyl (C=O) groups excluding carboxylic acids is 1. The number of pyridine rings is 1. The van der Waals surface area contributed by atoms with Crippen molar-refractivity contribution in [3.8, 4) is 0 Å². The monoisotopic (exact) mass is 455 g/mol. The second-order valence-electron chi connectivity index (χ2n) is 6.01. The largest absolute Gasteiger partial charge is 1.00 e. The number of aromatic nitrogens is 1. The molecular formula is C17H14F4N3NaO4S. The Labute approximate surface area is 191 Å². The number of sulfonamides is 1. The first-order chi connectivity index (χ1) is 13.6. The Balaban J connectivity index is 0.00000320. The summed E-state index contributed by atoms with van der Waals surface area (Å²) in [6.45, 7) is 2.11. The molecule has 3 rings (SSSR count). The topological polar surface area (TPSA) is 90.7 Å². The predicted octanol–water partition coefficient (Wildman–Crippen LogP) is -0.0171. The number of anilines is 1. The van der Waals surface area contributed by atoms with Crippen molar-refractivity contribution in [3.05, 3.63) is 58.2 Å². The van der Waals surface area contributed by atoms with Crippen LogP contribution in [0.5, 0.6) is 0 Å². The van der Waals surface area contributed by atoms with Crippen molar-refractivity contribution < 1.29 is 65.1 Å². The Morgan fingerprint density at radius 3 is 2.37 bits per heavy atom. The number of nitrogens with zero attached hydrogens (tertiary/aromatic N) is 3. The van der Waals surface area contributed by atoms with Gasteiger partial charge in [-0.2, -0.15) is 13.2 Å². The molecule has 0 spiro atoms. The fourth-order valence-corrected chi connectivity index (χ4v) is 3.50. The normalized spacial score (nSPS) is 14.7. The second kappa shape index (κ2) is 9.60. The Bertz CT molecular complexity index is 1010. The molecule has 1 fully saturated rings. The van der Waals surface area contributed by atoms with E-state index in [4.69, 9.17) is 4.74 Å². The first-order valence-corrected chi connectivity index (χ1v) is 9.70. The summed E-state index contributed by atoms with van der Waals surface area (Å²) in [6.07, 6.45) is -4.10. The van der Waals surface area contributed by atoms with E-state index in [1.807, 2.05) is 4.90 Å². The van der Waals surface area contributed by atoms with Gasteiger partial charge in [-0.25, -0.2) is 17.8 Å². The zero-order valence-corrected chi connectivity index (χ0v) is 18.5. The number of halogens is 4. The van der Waals surface area contributed by atoms with Gasteiger partial charge in [0, 0.05) is 24.8 Å². The number of hydrogen-bond acceptors (Lipinski definition) is 6. The van der Waals surface area contributed by atoms with Gasteiger partial charge in [-0.1, -0.05) is 0 Å². The minimum absolute atomic E-state index is 0. The van der Waals surface area contributed by atoms with Crippen LogP contribution in [0, 0.1) is 5.82 Å². The molecule has 1 aliphatic heterocycles. The molecule has 1 aromatic carbocycles. The van der Waals surface area contributed by atoms with Gasteiger partial charge in [-0.3, -0.25) is 0 Å². The van der Waals surface area contributed by atoms with E-state index in [9.17, 15) is 30.8 Å². The third kappa shape index (κ3) is 5.70. The van der Waals surface area contributed by atoms with Gasteiger partial charge >= 0.3 is 35.7 Å². The summed E-state index contributed by atoms with van der Waals surface area (Å²) in [6, 6.07) is 3.81. The van der Waals surface area contributed by atoms with Crippen molar-refractivity contribution in [2.45, 2.75) is 11.1 Å². The molecule has 0 unspecified atom stereocenters. The third-order valence-electron chi connectivity index (χ3n) is 4.07. The van der Waals surface area contributed by atoms with Crippen LogP contribution in [0.25, 0.3) is 4.72 Å². The van der Waals surface area contributed by atoms with Crippen LogP contribution >= 0.6 is 0 Å². The smallest absolute Gasteiger partial charge is 0.537 e. The van der Waals surface area contributed by atoms with Crippen molar-refractivity contribution >= 4 is 21.7 Å². The summed E-state index contributed by atoms with van der Waals surface area (Å²) >= 11 is 0. The zero-order chi connectivity index (χ0) is 21.2. The molecule has 156 valence electrons. The summed E-state index contributed by atoms with van der Waals surface area (Å²) < 4.78 is 85.0. The molecule has 2 heterocycles. The third-order valence-corrected chi connectivity index (χ3v) is 5.32. The van der Waals surface area contributed by atoms with Gasteiger partial charge < -0.3 is 19.2 Å².